The van der Waals surface area contributed by atoms with Crippen molar-refractivity contribution in [3.63, 3.8) is 0 Å². The zero-order valence-electron chi connectivity index (χ0n) is 12.9. The average molecular weight is 317 g/mol. The van der Waals surface area contributed by atoms with Crippen molar-refractivity contribution in [2.75, 3.05) is 13.2 Å². The molecule has 2 rings (SSSR count). The highest BCUT2D eigenvalue weighted by Gasteiger charge is 2.04. The van der Waals surface area contributed by atoms with Gasteiger partial charge in [0.05, 0.1) is 13.2 Å². The first kappa shape index (κ1) is 17.1. The molecule has 0 amide bonds. The highest BCUT2D eigenvalue weighted by atomic mass is 31.2. The van der Waals surface area contributed by atoms with Crippen LogP contribution in [0.25, 0.3) is 0 Å². The predicted molar refractivity (Wildman–Crippen MR) is 92.5 cm³/mol. The summed E-state index contributed by atoms with van der Waals surface area (Å²) in [6, 6.07) is 20.8. The molecule has 0 fully saturated rings. The molecule has 0 saturated heterocycles. The molecule has 0 saturated carbocycles. The van der Waals surface area contributed by atoms with E-state index in [0.717, 1.165) is 25.7 Å². The molecule has 2 aromatic rings. The molecule has 0 radical (unpaired) electrons. The normalized spacial score (nSPS) is 11.0. The molecule has 118 valence electrons. The van der Waals surface area contributed by atoms with E-state index < -0.39 is 8.53 Å². The second-order valence-corrected chi connectivity index (χ2v) is 6.22. The molecule has 22 heavy (non-hydrogen) atoms. The lowest BCUT2D eigenvalue weighted by molar-refractivity contribution is 0.245. The second-order valence-electron chi connectivity index (χ2n) is 5.13. The van der Waals surface area contributed by atoms with Gasteiger partial charge in [-0.3, -0.25) is 5.50 Å². The van der Waals surface area contributed by atoms with E-state index in [-0.39, 0.29) is 0 Å². The van der Waals surface area contributed by atoms with Crippen LogP contribution in [0.1, 0.15) is 24.0 Å². The van der Waals surface area contributed by atoms with Crippen LogP contribution < -0.4 is 5.50 Å². The van der Waals surface area contributed by atoms with E-state index in [1.165, 1.54) is 11.1 Å². The van der Waals surface area contributed by atoms with Crippen LogP contribution in [0.3, 0.4) is 0 Å². The van der Waals surface area contributed by atoms with Gasteiger partial charge in [0.1, 0.15) is 0 Å². The Bertz CT molecular complexity index is 460. The third kappa shape index (κ3) is 7.15. The van der Waals surface area contributed by atoms with E-state index in [9.17, 15) is 0 Å². The molecule has 0 bridgehead atoms. The smallest absolute Gasteiger partial charge is 0.252 e. The summed E-state index contributed by atoms with van der Waals surface area (Å²) in [6.45, 7) is 1.30. The van der Waals surface area contributed by atoms with Crippen LogP contribution in [-0.2, 0) is 21.9 Å². The molecule has 2 N–H and O–H groups in total. The Balaban J connectivity index is 1.48. The Hall–Kier alpha value is -1.25. The minimum atomic E-state index is -1.24. The minimum Gasteiger partial charge on any atom is -0.322 e. The summed E-state index contributed by atoms with van der Waals surface area (Å²) in [6.07, 6.45) is 3.96. The quantitative estimate of drug-likeness (QED) is 0.519. The standard InChI is InChI=1S/C18H24NO2P/c19-22(20-15-7-13-17-9-3-1-4-10-17)21-16-8-14-18-11-5-2-6-12-18/h1-6,9-12H,7-8,13-16,19H2. The van der Waals surface area contributed by atoms with Crippen LogP contribution in [0.5, 0.6) is 0 Å². The fourth-order valence-electron chi connectivity index (χ4n) is 2.19. The summed E-state index contributed by atoms with van der Waals surface area (Å²) in [5.74, 6) is 0. The monoisotopic (exact) mass is 317 g/mol. The van der Waals surface area contributed by atoms with Gasteiger partial charge in [-0.05, 0) is 36.8 Å². The lowest BCUT2D eigenvalue weighted by Crippen LogP contribution is -2.03. The molecule has 0 heterocycles. The SMILES string of the molecule is NP(OCCCc1ccccc1)OCCCc1ccccc1. The van der Waals surface area contributed by atoms with Crippen molar-refractivity contribution in [3.8, 4) is 0 Å². The van der Waals surface area contributed by atoms with Gasteiger partial charge in [0, 0.05) is 0 Å². The third-order valence-electron chi connectivity index (χ3n) is 3.34. The maximum Gasteiger partial charge on any atom is 0.252 e. The van der Waals surface area contributed by atoms with Crippen LogP contribution in [0.4, 0.5) is 0 Å². The van der Waals surface area contributed by atoms with Crippen molar-refractivity contribution in [1.82, 2.24) is 0 Å². The van der Waals surface area contributed by atoms with Gasteiger partial charge in [-0.15, -0.1) is 0 Å². The summed E-state index contributed by atoms with van der Waals surface area (Å²) in [7, 11) is -1.24. The fourth-order valence-corrected chi connectivity index (χ4v) is 2.88. The van der Waals surface area contributed by atoms with Crippen LogP contribution in [0.15, 0.2) is 60.7 Å². The molecule has 2 aromatic carbocycles. The van der Waals surface area contributed by atoms with Gasteiger partial charge in [-0.25, -0.2) is 0 Å². The zero-order valence-corrected chi connectivity index (χ0v) is 13.8. The lowest BCUT2D eigenvalue weighted by atomic mass is 10.1. The molecule has 0 aliphatic rings. The van der Waals surface area contributed by atoms with Crippen LogP contribution in [-0.4, -0.2) is 13.2 Å². The number of benzene rings is 2. The van der Waals surface area contributed by atoms with Crippen molar-refractivity contribution in [2.45, 2.75) is 25.7 Å². The first-order valence-electron chi connectivity index (χ1n) is 7.73. The van der Waals surface area contributed by atoms with Gasteiger partial charge in [0.15, 0.2) is 0 Å². The van der Waals surface area contributed by atoms with Crippen molar-refractivity contribution in [1.29, 1.82) is 0 Å². The summed E-state index contributed by atoms with van der Waals surface area (Å²) in [4.78, 5) is 0. The summed E-state index contributed by atoms with van der Waals surface area (Å²) in [5, 5.41) is 0. The van der Waals surface area contributed by atoms with Crippen molar-refractivity contribution in [3.05, 3.63) is 71.8 Å². The van der Waals surface area contributed by atoms with E-state index in [1.54, 1.807) is 0 Å². The molecule has 0 unspecified atom stereocenters. The van der Waals surface area contributed by atoms with Crippen molar-refractivity contribution in [2.24, 2.45) is 5.50 Å². The average Bonchev–Trinajstić information content (AvgIpc) is 2.57. The maximum absolute atomic E-state index is 5.85. The summed E-state index contributed by atoms with van der Waals surface area (Å²) >= 11 is 0. The van der Waals surface area contributed by atoms with E-state index in [0.29, 0.717) is 13.2 Å². The van der Waals surface area contributed by atoms with E-state index >= 15 is 0 Å². The molecule has 0 aliphatic carbocycles. The summed E-state index contributed by atoms with van der Waals surface area (Å²) in [5.41, 5.74) is 8.51. The van der Waals surface area contributed by atoms with Gasteiger partial charge >= 0.3 is 0 Å². The Morgan fingerprint density at radius 3 is 1.50 bits per heavy atom. The maximum atomic E-state index is 5.85. The topological polar surface area (TPSA) is 44.5 Å². The first-order chi connectivity index (χ1) is 10.8. The van der Waals surface area contributed by atoms with Crippen molar-refractivity contribution >= 4 is 8.53 Å². The fraction of sp³-hybridized carbons (Fsp3) is 0.333. The molecule has 4 heteroatoms. The van der Waals surface area contributed by atoms with Gasteiger partial charge in [0.2, 0.25) is 0 Å². The van der Waals surface area contributed by atoms with E-state index in [2.05, 4.69) is 48.5 Å². The van der Waals surface area contributed by atoms with Gasteiger partial charge in [0.25, 0.3) is 8.53 Å². The molecule has 0 aromatic heterocycles. The highest BCUT2D eigenvalue weighted by Crippen LogP contribution is 2.28. The number of aryl methyl sites for hydroxylation is 2. The first-order valence-corrected chi connectivity index (χ1v) is 8.98. The number of hydrogen-bond acceptors (Lipinski definition) is 3. The molecular weight excluding hydrogens is 293 g/mol. The molecule has 0 aliphatic heterocycles. The van der Waals surface area contributed by atoms with Crippen LogP contribution in [0, 0.1) is 0 Å². The largest absolute Gasteiger partial charge is 0.322 e. The lowest BCUT2D eigenvalue weighted by Gasteiger charge is -2.12. The zero-order chi connectivity index (χ0) is 15.5. The Labute approximate surface area is 134 Å². The van der Waals surface area contributed by atoms with E-state index in [1.807, 2.05) is 12.1 Å². The van der Waals surface area contributed by atoms with Crippen LogP contribution in [0.2, 0.25) is 0 Å². The summed E-state index contributed by atoms with van der Waals surface area (Å²) < 4.78 is 11.1. The van der Waals surface area contributed by atoms with Crippen molar-refractivity contribution < 1.29 is 9.05 Å². The molecule has 0 spiro atoms. The van der Waals surface area contributed by atoms with Gasteiger partial charge in [-0.1, -0.05) is 60.7 Å². The number of nitrogens with two attached hydrogens (primary N) is 1. The molecule has 3 nitrogen and oxygen atoms in total. The molecule has 0 atom stereocenters. The van der Waals surface area contributed by atoms with Gasteiger partial charge in [-0.2, -0.15) is 0 Å². The van der Waals surface area contributed by atoms with E-state index in [4.69, 9.17) is 14.6 Å². The number of hydrogen-bond donors (Lipinski definition) is 1. The van der Waals surface area contributed by atoms with Gasteiger partial charge < -0.3 is 9.05 Å². The Morgan fingerprint density at radius 1 is 0.682 bits per heavy atom. The molecular formula is C18H24NO2P. The highest BCUT2D eigenvalue weighted by molar-refractivity contribution is 7.44. The third-order valence-corrected chi connectivity index (χ3v) is 4.22. The minimum absolute atomic E-state index is 0.649. The van der Waals surface area contributed by atoms with Crippen LogP contribution >= 0.6 is 8.53 Å². The Kier molecular flexibility index (Phi) is 8.14. The Morgan fingerprint density at radius 2 is 1.09 bits per heavy atom. The number of rotatable bonds is 10. The second kappa shape index (κ2) is 10.5. The predicted octanol–water partition coefficient (Wildman–Crippen LogP) is 4.47.